The third kappa shape index (κ3) is 12.4. The van der Waals surface area contributed by atoms with Crippen molar-refractivity contribution < 1.29 is 44.4 Å². The van der Waals surface area contributed by atoms with Crippen LogP contribution in [0.25, 0.3) is 0 Å². The van der Waals surface area contributed by atoms with Gasteiger partial charge in [0.25, 0.3) is 0 Å². The number of aliphatic imine (C=N–C) groups is 1. The summed E-state index contributed by atoms with van der Waals surface area (Å²) in [5, 5.41) is 46.1. The fourth-order valence-corrected chi connectivity index (χ4v) is 3.22. The number of carboxylic acids is 1. The lowest BCUT2D eigenvalue weighted by molar-refractivity contribution is -0.143. The number of aliphatic hydroxyl groups is 2. The predicted octanol–water partition coefficient (Wildman–Crippen LogP) is -5.04. The lowest BCUT2D eigenvalue weighted by atomic mass is 10.1. The number of guanidine groups is 1. The van der Waals surface area contributed by atoms with Crippen LogP contribution in [0.5, 0.6) is 5.75 Å². The number of nitrogens with zero attached hydrogens (tertiary/aromatic N) is 1. The van der Waals surface area contributed by atoms with Crippen LogP contribution < -0.4 is 38.5 Å². The quantitative estimate of drug-likeness (QED) is 0.0478. The summed E-state index contributed by atoms with van der Waals surface area (Å²) in [7, 11) is 0. The fraction of sp³-hybridized carbons (Fsp3) is 0.478. The Hall–Kier alpha value is -4.48. The Kier molecular flexibility index (Phi) is 14.4. The monoisotopic (exact) mass is 568 g/mol. The van der Waals surface area contributed by atoms with Gasteiger partial charge in [0.05, 0.1) is 25.8 Å². The van der Waals surface area contributed by atoms with E-state index in [-0.39, 0.29) is 37.5 Å². The number of nitrogens with two attached hydrogens (primary N) is 3. The van der Waals surface area contributed by atoms with Gasteiger partial charge >= 0.3 is 5.97 Å². The maximum Gasteiger partial charge on any atom is 0.328 e. The molecule has 0 heterocycles. The van der Waals surface area contributed by atoms with Gasteiger partial charge < -0.3 is 58.9 Å². The Bertz CT molecular complexity index is 1050. The molecular formula is C23H36N8O9. The lowest BCUT2D eigenvalue weighted by Gasteiger charge is -2.23. The van der Waals surface area contributed by atoms with Crippen molar-refractivity contribution in [3.05, 3.63) is 29.8 Å². The van der Waals surface area contributed by atoms with Gasteiger partial charge in [0.1, 0.15) is 23.9 Å². The summed E-state index contributed by atoms with van der Waals surface area (Å²) in [6.07, 6.45) is 0.244. The number of carbonyl (C=O) groups excluding carboxylic acids is 4. The maximum absolute atomic E-state index is 12.7. The third-order valence-corrected chi connectivity index (χ3v) is 5.36. The van der Waals surface area contributed by atoms with Crippen molar-refractivity contribution in [1.82, 2.24) is 21.3 Å². The molecule has 17 nitrogen and oxygen atoms in total. The number of benzene rings is 1. The van der Waals surface area contributed by atoms with Crippen molar-refractivity contribution in [2.24, 2.45) is 22.2 Å². The van der Waals surface area contributed by atoms with Gasteiger partial charge in [-0.15, -0.1) is 0 Å². The number of aliphatic hydroxyl groups excluding tert-OH is 2. The van der Waals surface area contributed by atoms with Crippen molar-refractivity contribution in [2.75, 3.05) is 26.3 Å². The molecule has 1 rings (SSSR count). The van der Waals surface area contributed by atoms with E-state index >= 15 is 0 Å². The lowest BCUT2D eigenvalue weighted by Crippen LogP contribution is -2.57. The molecule has 0 saturated heterocycles. The van der Waals surface area contributed by atoms with Gasteiger partial charge in [-0.25, -0.2) is 4.79 Å². The summed E-state index contributed by atoms with van der Waals surface area (Å²) >= 11 is 0. The Morgan fingerprint density at radius 3 is 1.98 bits per heavy atom. The van der Waals surface area contributed by atoms with Gasteiger partial charge in [0.15, 0.2) is 5.96 Å². The molecular weight excluding hydrogens is 532 g/mol. The van der Waals surface area contributed by atoms with Crippen LogP contribution in [0.3, 0.4) is 0 Å². The molecule has 40 heavy (non-hydrogen) atoms. The molecule has 4 atom stereocenters. The van der Waals surface area contributed by atoms with Crippen LogP contribution in [0.15, 0.2) is 29.3 Å². The second-order valence-corrected chi connectivity index (χ2v) is 8.59. The topological polar surface area (TPSA) is 305 Å². The van der Waals surface area contributed by atoms with E-state index in [1.807, 2.05) is 0 Å². The molecule has 0 spiro atoms. The SMILES string of the molecule is NC(N)=NCCC[C@H](NC(=O)[C@H](CO)NC(=O)CNC(=O)[C@@H](N)Cc1ccc(O)cc1)C(=O)N[C@@H](CO)C(=O)O. The minimum Gasteiger partial charge on any atom is -0.508 e. The molecule has 0 aromatic heterocycles. The van der Waals surface area contributed by atoms with Crippen LogP contribution in [0, 0.1) is 0 Å². The Morgan fingerprint density at radius 1 is 0.850 bits per heavy atom. The van der Waals surface area contributed by atoms with Crippen molar-refractivity contribution in [3.63, 3.8) is 0 Å². The van der Waals surface area contributed by atoms with Gasteiger partial charge in [-0.3, -0.25) is 24.2 Å². The number of hydrogen-bond acceptors (Lipinski definition) is 10. The van der Waals surface area contributed by atoms with E-state index in [4.69, 9.17) is 27.4 Å². The van der Waals surface area contributed by atoms with Crippen LogP contribution in [-0.2, 0) is 30.4 Å². The third-order valence-electron chi connectivity index (χ3n) is 5.36. The van der Waals surface area contributed by atoms with E-state index in [1.165, 1.54) is 12.1 Å². The zero-order chi connectivity index (χ0) is 30.2. The standard InChI is InChI=1S/C23H36N8O9/c24-14(8-12-3-5-13(34)6-4-12)19(36)28-9-18(35)29-16(10-32)21(38)30-15(2-1-7-27-23(25)26)20(37)31-17(11-33)22(39)40/h3-6,14-17,32-34H,1-2,7-11,24H2,(H,28,36)(H,29,35)(H,30,38)(H,31,37)(H,39,40)(H4,25,26,27)/t14-,15-,16-,17-/m0/s1. The van der Waals surface area contributed by atoms with Crippen molar-refractivity contribution >= 4 is 35.6 Å². The zero-order valence-corrected chi connectivity index (χ0v) is 21.6. The highest BCUT2D eigenvalue weighted by atomic mass is 16.4. The van der Waals surface area contributed by atoms with Crippen LogP contribution >= 0.6 is 0 Å². The first-order valence-corrected chi connectivity index (χ1v) is 12.1. The molecule has 0 radical (unpaired) electrons. The second-order valence-electron chi connectivity index (χ2n) is 8.59. The number of hydrogen-bond donors (Lipinski definition) is 11. The number of phenols is 1. The maximum atomic E-state index is 12.7. The smallest absolute Gasteiger partial charge is 0.328 e. The number of rotatable bonds is 17. The minimum atomic E-state index is -1.64. The number of amides is 4. The van der Waals surface area contributed by atoms with Gasteiger partial charge in [-0.1, -0.05) is 12.1 Å². The minimum absolute atomic E-state index is 0.0495. The first kappa shape index (κ1) is 33.5. The highest BCUT2D eigenvalue weighted by Gasteiger charge is 2.29. The molecule has 17 heteroatoms. The molecule has 0 unspecified atom stereocenters. The molecule has 0 fully saturated rings. The molecule has 1 aromatic rings. The first-order valence-electron chi connectivity index (χ1n) is 12.1. The highest BCUT2D eigenvalue weighted by molar-refractivity contribution is 5.94. The molecule has 4 amide bonds. The second kappa shape index (κ2) is 17.2. The van der Waals surface area contributed by atoms with Crippen LogP contribution in [0.1, 0.15) is 18.4 Å². The van der Waals surface area contributed by atoms with Crippen molar-refractivity contribution in [3.8, 4) is 5.75 Å². The summed E-state index contributed by atoms with van der Waals surface area (Å²) in [5.41, 5.74) is 17.0. The Balaban J connectivity index is 2.73. The van der Waals surface area contributed by atoms with E-state index in [9.17, 15) is 34.2 Å². The highest BCUT2D eigenvalue weighted by Crippen LogP contribution is 2.10. The van der Waals surface area contributed by atoms with Gasteiger partial charge in [-0.05, 0) is 37.0 Å². The number of nitrogens with one attached hydrogen (secondary N) is 4. The largest absolute Gasteiger partial charge is 0.508 e. The predicted molar refractivity (Wildman–Crippen MR) is 140 cm³/mol. The number of carboxylic acid groups (broad SMARTS) is 1. The summed E-state index contributed by atoms with van der Waals surface area (Å²) < 4.78 is 0. The molecule has 0 aliphatic heterocycles. The number of phenolic OH excluding ortho intramolecular Hbond substituents is 1. The number of carbonyl (C=O) groups is 5. The number of aliphatic carboxylic acids is 1. The number of aromatic hydroxyl groups is 1. The molecule has 14 N–H and O–H groups in total. The average molecular weight is 569 g/mol. The van der Waals surface area contributed by atoms with Gasteiger partial charge in [0, 0.05) is 6.54 Å². The molecule has 0 aliphatic carbocycles. The Labute approximate surface area is 229 Å². The van der Waals surface area contributed by atoms with Crippen molar-refractivity contribution in [1.29, 1.82) is 0 Å². The summed E-state index contributed by atoms with van der Waals surface area (Å²) in [5.74, 6) is -5.10. The fourth-order valence-electron chi connectivity index (χ4n) is 3.22. The molecule has 0 bridgehead atoms. The van der Waals surface area contributed by atoms with Gasteiger partial charge in [0.2, 0.25) is 23.6 Å². The van der Waals surface area contributed by atoms with Crippen LogP contribution in [-0.4, -0.2) is 106 Å². The Morgan fingerprint density at radius 2 is 1.43 bits per heavy atom. The van der Waals surface area contributed by atoms with E-state index in [1.54, 1.807) is 12.1 Å². The van der Waals surface area contributed by atoms with E-state index in [2.05, 4.69) is 26.3 Å². The van der Waals surface area contributed by atoms with Crippen LogP contribution in [0.2, 0.25) is 0 Å². The summed E-state index contributed by atoms with van der Waals surface area (Å²) in [6.45, 7) is -2.28. The van der Waals surface area contributed by atoms with E-state index in [0.29, 0.717) is 5.56 Å². The molecule has 0 aliphatic rings. The normalized spacial score (nSPS) is 13.6. The van der Waals surface area contributed by atoms with E-state index in [0.717, 1.165) is 0 Å². The first-order chi connectivity index (χ1) is 18.9. The summed E-state index contributed by atoms with van der Waals surface area (Å²) in [6, 6.07) is 0.517. The molecule has 0 saturated carbocycles. The van der Waals surface area contributed by atoms with Crippen LogP contribution in [0.4, 0.5) is 0 Å². The van der Waals surface area contributed by atoms with E-state index < -0.39 is 73.5 Å². The summed E-state index contributed by atoms with van der Waals surface area (Å²) in [4.78, 5) is 64.7. The molecule has 222 valence electrons. The molecule has 1 aromatic carbocycles. The van der Waals surface area contributed by atoms with Crippen molar-refractivity contribution in [2.45, 2.75) is 43.4 Å². The van der Waals surface area contributed by atoms with Gasteiger partial charge in [-0.2, -0.15) is 0 Å². The zero-order valence-electron chi connectivity index (χ0n) is 21.6. The average Bonchev–Trinajstić information content (AvgIpc) is 2.91.